The van der Waals surface area contributed by atoms with Gasteiger partial charge in [-0.1, -0.05) is 157 Å². The van der Waals surface area contributed by atoms with Gasteiger partial charge in [-0.25, -0.2) is 15.0 Å². The smallest absolute Gasteiger partial charge is 0.166 e. The second kappa shape index (κ2) is 12.2. The number of nitrogens with zero attached hydrogens (tertiary/aromatic N) is 4. The summed E-state index contributed by atoms with van der Waals surface area (Å²) < 4.78 is 267. The van der Waals surface area contributed by atoms with Crippen molar-refractivity contribution < 1.29 is 41.1 Å². The molecule has 7 aromatic carbocycles. The number of aromatic nitrogens is 4. The number of para-hydroxylation sites is 1. The Balaban J connectivity index is 1.64. The van der Waals surface area contributed by atoms with Crippen LogP contribution in [0.3, 0.4) is 0 Å². The maximum atomic E-state index is 10.2. The van der Waals surface area contributed by atoms with Gasteiger partial charge in [0.15, 0.2) is 17.5 Å². The molecule has 4 heteroatoms. The number of rotatable bonds is 6. The number of hydrogen-bond acceptors (Lipinski definition) is 3. The number of fused-ring (bicyclic) bond motifs is 3. The second-order valence-corrected chi connectivity index (χ2v) is 9.81. The van der Waals surface area contributed by atoms with Crippen molar-refractivity contribution in [3.8, 4) is 62.1 Å². The summed E-state index contributed by atoms with van der Waals surface area (Å²) in [5.41, 5.74) is -9.04. The fraction of sp³-hybridized carbons (Fsp3) is 0. The van der Waals surface area contributed by atoms with Crippen LogP contribution in [-0.4, -0.2) is 19.5 Å². The summed E-state index contributed by atoms with van der Waals surface area (Å²) in [4.78, 5) is 13.0. The standard InChI is InChI=1S/C45H30N4/c1-5-15-31(16-6-1)35-25-27-38-37-23-13-14-24-40(37)49(41(38)29-35)42-30-36(32-17-7-2-8-18-32)26-28-39(42)45-47-43(33-19-9-3-10-20-33)46-44(48-45)34-21-11-4-12-22-34/h1-30H/i1D,2D,3D,4D,5D,6D,7D,8D,9D,10D,11D,12D,13D,14D,15D,16D,17D,18D,19D,20D,21D,22D,23D,24D,25D,26D,27D,28D,29D,30D. The molecule has 0 spiro atoms. The van der Waals surface area contributed by atoms with Gasteiger partial charge in [0.05, 0.1) is 57.8 Å². The summed E-state index contributed by atoms with van der Waals surface area (Å²) in [6, 6.07) is -30.4. The van der Waals surface area contributed by atoms with E-state index in [9.17, 15) is 11.0 Å². The zero-order valence-electron chi connectivity index (χ0n) is 54.3. The van der Waals surface area contributed by atoms with Gasteiger partial charge in [-0.3, -0.25) is 0 Å². The third kappa shape index (κ3) is 5.26. The van der Waals surface area contributed by atoms with Gasteiger partial charge in [0.1, 0.15) is 0 Å². The maximum absolute atomic E-state index is 10.2. The van der Waals surface area contributed by atoms with Gasteiger partial charge in [-0.15, -0.1) is 0 Å². The minimum atomic E-state index is -1.23. The Morgan fingerprint density at radius 3 is 1.39 bits per heavy atom. The molecule has 49 heavy (non-hydrogen) atoms. The van der Waals surface area contributed by atoms with Crippen LogP contribution in [0.5, 0.6) is 0 Å². The van der Waals surface area contributed by atoms with E-state index in [-0.39, 0.29) is 0 Å². The summed E-state index contributed by atoms with van der Waals surface area (Å²) in [5.74, 6) is -2.98. The molecule has 2 heterocycles. The van der Waals surface area contributed by atoms with E-state index in [1.807, 2.05) is 0 Å². The van der Waals surface area contributed by atoms with Crippen LogP contribution in [0.4, 0.5) is 0 Å². The molecule has 0 N–H and O–H groups in total. The van der Waals surface area contributed by atoms with Crippen LogP contribution in [0.1, 0.15) is 41.1 Å². The van der Waals surface area contributed by atoms with E-state index in [0.717, 1.165) is 0 Å². The molecule has 0 radical (unpaired) electrons. The van der Waals surface area contributed by atoms with Crippen LogP contribution in [0.2, 0.25) is 0 Å². The van der Waals surface area contributed by atoms with Gasteiger partial charge in [-0.05, 0) is 46.4 Å². The molecule has 0 aliphatic carbocycles. The van der Waals surface area contributed by atoms with Crippen molar-refractivity contribution in [1.29, 1.82) is 0 Å². The van der Waals surface area contributed by atoms with Crippen LogP contribution in [0.15, 0.2) is 181 Å². The molecular weight excluding hydrogens is 597 g/mol. The average Bonchev–Trinajstić information content (AvgIpc) is 3.94. The zero-order valence-corrected chi connectivity index (χ0v) is 24.3. The summed E-state index contributed by atoms with van der Waals surface area (Å²) in [6.07, 6.45) is 0. The second-order valence-electron chi connectivity index (χ2n) is 9.81. The van der Waals surface area contributed by atoms with Gasteiger partial charge < -0.3 is 4.57 Å². The molecule has 230 valence electrons. The Kier molecular flexibility index (Phi) is 2.79. The van der Waals surface area contributed by atoms with Crippen molar-refractivity contribution in [1.82, 2.24) is 19.5 Å². The first-order valence-electron chi connectivity index (χ1n) is 29.0. The molecule has 9 rings (SSSR count). The molecule has 0 aliphatic rings. The normalized spacial score (nSPS) is 19.8. The first kappa shape index (κ1) is 11.2. The number of benzene rings is 7. The third-order valence-electron chi connectivity index (χ3n) is 6.98. The van der Waals surface area contributed by atoms with Crippen LogP contribution in [0.25, 0.3) is 83.9 Å². The lowest BCUT2D eigenvalue weighted by Gasteiger charge is -2.17. The summed E-state index contributed by atoms with van der Waals surface area (Å²) >= 11 is 0. The van der Waals surface area contributed by atoms with E-state index in [4.69, 9.17) is 30.2 Å². The molecule has 0 saturated carbocycles. The Hall–Kier alpha value is -6.65. The molecule has 9 aromatic rings. The molecule has 0 unspecified atom stereocenters. The minimum absolute atomic E-state index is 0.618. The fourth-order valence-corrected chi connectivity index (χ4v) is 4.90. The van der Waals surface area contributed by atoms with Crippen molar-refractivity contribution in [3.05, 3.63) is 181 Å². The molecule has 0 saturated heterocycles. The van der Waals surface area contributed by atoms with Crippen molar-refractivity contribution >= 4 is 21.8 Å². The van der Waals surface area contributed by atoms with E-state index >= 15 is 0 Å². The molecule has 0 fully saturated rings. The molecule has 0 atom stereocenters. The van der Waals surface area contributed by atoms with Gasteiger partial charge >= 0.3 is 0 Å². The monoisotopic (exact) mass is 656 g/mol. The number of hydrogen-bond donors (Lipinski definition) is 0. The third-order valence-corrected chi connectivity index (χ3v) is 6.98. The summed E-state index contributed by atoms with van der Waals surface area (Å²) in [7, 11) is 0. The van der Waals surface area contributed by atoms with E-state index in [0.29, 0.717) is 4.57 Å². The first-order chi connectivity index (χ1) is 36.8. The molecule has 0 amide bonds. The van der Waals surface area contributed by atoms with Crippen molar-refractivity contribution in [3.63, 3.8) is 0 Å². The van der Waals surface area contributed by atoms with Gasteiger partial charge in [0.2, 0.25) is 0 Å². The van der Waals surface area contributed by atoms with Gasteiger partial charge in [0.25, 0.3) is 0 Å². The molecular formula is C45H30N4. The van der Waals surface area contributed by atoms with E-state index in [1.54, 1.807) is 0 Å². The average molecular weight is 657 g/mol. The predicted octanol–water partition coefficient (Wildman–Crippen LogP) is 11.3. The van der Waals surface area contributed by atoms with Gasteiger partial charge in [-0.2, -0.15) is 0 Å². The van der Waals surface area contributed by atoms with Crippen LogP contribution < -0.4 is 0 Å². The highest BCUT2D eigenvalue weighted by molar-refractivity contribution is 6.10. The lowest BCUT2D eigenvalue weighted by atomic mass is 10.0. The summed E-state index contributed by atoms with van der Waals surface area (Å²) in [5, 5.41) is -1.40. The van der Waals surface area contributed by atoms with Crippen LogP contribution in [-0.2, 0) is 0 Å². The fourth-order valence-electron chi connectivity index (χ4n) is 4.90. The Labute approximate surface area is 326 Å². The van der Waals surface area contributed by atoms with E-state index in [2.05, 4.69) is 15.0 Å². The summed E-state index contributed by atoms with van der Waals surface area (Å²) in [6.45, 7) is 0. The molecule has 0 bridgehead atoms. The van der Waals surface area contributed by atoms with E-state index < -0.39 is 265 Å². The SMILES string of the molecule is [2H]c1c([2H])c([2H])c(-c2nc(-c3c([2H])c([2H])c([2H])c([2H])c3[2H])nc(-c3c([2H])c([2H])c(-c4c([2H])c([2H])c([2H])c([2H])c4[2H])c([2H])c3-n3c4c([2H])c([2H])c([2H])c([2H])c4c4c([2H])c([2H])c(-c5c([2H])c([2H])c([2H])c([2H])c5[2H])c([2H])c43)n2)c([2H])c1[2H]. The van der Waals surface area contributed by atoms with Crippen molar-refractivity contribution in [2.45, 2.75) is 0 Å². The topological polar surface area (TPSA) is 43.6 Å². The Bertz CT molecular complexity index is 4120. The van der Waals surface area contributed by atoms with Crippen LogP contribution >= 0.6 is 0 Å². The van der Waals surface area contributed by atoms with Crippen molar-refractivity contribution in [2.75, 3.05) is 0 Å². The van der Waals surface area contributed by atoms with Crippen LogP contribution in [0, 0.1) is 0 Å². The zero-order chi connectivity index (χ0) is 58.7. The highest BCUT2D eigenvalue weighted by Crippen LogP contribution is 2.39. The van der Waals surface area contributed by atoms with E-state index in [1.165, 1.54) is 0 Å². The Morgan fingerprint density at radius 1 is 0.347 bits per heavy atom. The van der Waals surface area contributed by atoms with Crippen molar-refractivity contribution in [2.24, 2.45) is 0 Å². The molecule has 0 aliphatic heterocycles. The first-order valence-corrected chi connectivity index (χ1v) is 14.0. The van der Waals surface area contributed by atoms with Gasteiger partial charge in [0, 0.05) is 27.5 Å². The maximum Gasteiger partial charge on any atom is 0.166 e. The largest absolute Gasteiger partial charge is 0.308 e. The lowest BCUT2D eigenvalue weighted by molar-refractivity contribution is 1.06. The molecule has 2 aromatic heterocycles. The highest BCUT2D eigenvalue weighted by atomic mass is 15.1. The Morgan fingerprint density at radius 2 is 0.796 bits per heavy atom. The predicted molar refractivity (Wildman–Crippen MR) is 201 cm³/mol. The quantitative estimate of drug-likeness (QED) is 0.179. The highest BCUT2D eigenvalue weighted by Gasteiger charge is 2.20. The molecule has 4 nitrogen and oxygen atoms in total. The lowest BCUT2D eigenvalue weighted by Crippen LogP contribution is -2.04. The minimum Gasteiger partial charge on any atom is -0.308 e.